The van der Waals surface area contributed by atoms with Gasteiger partial charge in [0.25, 0.3) is 0 Å². The Morgan fingerprint density at radius 3 is 2.53 bits per heavy atom. The summed E-state index contributed by atoms with van der Waals surface area (Å²) in [6, 6.07) is 4.78. The van der Waals surface area contributed by atoms with Crippen molar-refractivity contribution in [3.8, 4) is 5.75 Å². The summed E-state index contributed by atoms with van der Waals surface area (Å²) < 4.78 is 9.80. The van der Waals surface area contributed by atoms with Crippen LogP contribution < -0.4 is 4.74 Å². The van der Waals surface area contributed by atoms with Crippen molar-refractivity contribution in [2.45, 2.75) is 13.0 Å². The zero-order valence-electron chi connectivity index (χ0n) is 8.29. The number of rotatable bonds is 3. The second kappa shape index (κ2) is 5.24. The smallest absolute Gasteiger partial charge is 0.346 e. The number of hydrogen-bond acceptors (Lipinski definition) is 3. The Hall–Kier alpha value is -0.930. The second-order valence-corrected chi connectivity index (χ2v) is 3.67. The number of benzene rings is 1. The normalized spacial score (nSPS) is 12.0. The van der Waals surface area contributed by atoms with Gasteiger partial charge < -0.3 is 9.47 Å². The molecule has 0 aliphatic rings. The summed E-state index contributed by atoms with van der Waals surface area (Å²) in [5.74, 6) is 0.0309. The van der Waals surface area contributed by atoms with Gasteiger partial charge in [0.1, 0.15) is 5.75 Å². The van der Waals surface area contributed by atoms with Crippen molar-refractivity contribution in [3.05, 3.63) is 28.2 Å². The van der Waals surface area contributed by atoms with Gasteiger partial charge in [-0.1, -0.05) is 23.2 Å². The van der Waals surface area contributed by atoms with E-state index in [9.17, 15) is 4.79 Å². The van der Waals surface area contributed by atoms with E-state index in [-0.39, 0.29) is 0 Å². The maximum absolute atomic E-state index is 11.1. The summed E-state index contributed by atoms with van der Waals surface area (Å²) in [5.41, 5.74) is 0. The maximum atomic E-state index is 11.1. The highest BCUT2D eigenvalue weighted by atomic mass is 35.5. The predicted octanol–water partition coefficient (Wildman–Crippen LogP) is 2.93. The molecule has 0 aliphatic heterocycles. The Morgan fingerprint density at radius 2 is 2.00 bits per heavy atom. The van der Waals surface area contributed by atoms with Crippen LogP contribution in [0.25, 0.3) is 0 Å². The minimum atomic E-state index is -0.674. The first-order chi connectivity index (χ1) is 7.04. The van der Waals surface area contributed by atoms with Crippen LogP contribution in [0, 0.1) is 0 Å². The molecule has 1 atom stereocenters. The van der Waals surface area contributed by atoms with Crippen LogP contribution in [-0.2, 0) is 9.53 Å². The molecule has 1 aromatic rings. The third-order valence-corrected chi connectivity index (χ3v) is 2.48. The van der Waals surface area contributed by atoms with Crippen LogP contribution in [0.5, 0.6) is 5.75 Å². The van der Waals surface area contributed by atoms with Crippen LogP contribution in [0.2, 0.25) is 10.0 Å². The molecule has 0 bridgehead atoms. The first kappa shape index (κ1) is 12.1. The van der Waals surface area contributed by atoms with Gasteiger partial charge >= 0.3 is 5.97 Å². The molecule has 1 unspecified atom stereocenters. The molecule has 5 heteroatoms. The van der Waals surface area contributed by atoms with Crippen molar-refractivity contribution >= 4 is 29.2 Å². The average Bonchev–Trinajstić information content (AvgIpc) is 2.22. The van der Waals surface area contributed by atoms with Gasteiger partial charge in [-0.15, -0.1) is 0 Å². The minimum absolute atomic E-state index is 0.381. The van der Waals surface area contributed by atoms with Crippen LogP contribution in [0.1, 0.15) is 6.92 Å². The largest absolute Gasteiger partial charge is 0.479 e. The molecule has 82 valence electrons. The zero-order valence-corrected chi connectivity index (χ0v) is 9.80. The highest BCUT2D eigenvalue weighted by Gasteiger charge is 2.14. The molecule has 0 heterocycles. The van der Waals surface area contributed by atoms with Gasteiger partial charge in [-0.25, -0.2) is 4.79 Å². The van der Waals surface area contributed by atoms with E-state index < -0.39 is 12.1 Å². The number of methoxy groups -OCH3 is 1. The molecular weight excluding hydrogens is 239 g/mol. The molecule has 0 aliphatic carbocycles. The fourth-order valence-electron chi connectivity index (χ4n) is 0.968. The molecule has 0 amide bonds. The number of esters is 1. The van der Waals surface area contributed by atoms with Crippen molar-refractivity contribution in [1.29, 1.82) is 0 Å². The van der Waals surface area contributed by atoms with Crippen molar-refractivity contribution < 1.29 is 14.3 Å². The summed E-state index contributed by atoms with van der Waals surface area (Å²) >= 11 is 11.5. The number of ether oxygens (including phenoxy) is 2. The summed E-state index contributed by atoms with van der Waals surface area (Å²) in [6.07, 6.45) is -0.674. The molecule has 0 radical (unpaired) electrons. The lowest BCUT2D eigenvalue weighted by Crippen LogP contribution is -2.24. The van der Waals surface area contributed by atoms with Gasteiger partial charge in [0.15, 0.2) is 6.10 Å². The van der Waals surface area contributed by atoms with Crippen LogP contribution in [0.3, 0.4) is 0 Å². The number of carbonyl (C=O) groups is 1. The Morgan fingerprint density at radius 1 is 1.33 bits per heavy atom. The topological polar surface area (TPSA) is 35.5 Å². The Balaban J connectivity index is 2.73. The van der Waals surface area contributed by atoms with E-state index in [0.29, 0.717) is 15.8 Å². The van der Waals surface area contributed by atoms with Crippen LogP contribution in [0.15, 0.2) is 18.2 Å². The molecular formula is C10H10Cl2O3. The van der Waals surface area contributed by atoms with Crippen LogP contribution in [-0.4, -0.2) is 19.2 Å². The standard InChI is InChI=1S/C10H10Cl2O3/c1-6(10(13)14-2)15-7-3-4-8(11)9(12)5-7/h3-6H,1-2H3. The van der Waals surface area contributed by atoms with Crippen molar-refractivity contribution in [2.24, 2.45) is 0 Å². The van der Waals surface area contributed by atoms with E-state index in [2.05, 4.69) is 4.74 Å². The van der Waals surface area contributed by atoms with Gasteiger partial charge in [-0.05, 0) is 19.1 Å². The molecule has 15 heavy (non-hydrogen) atoms. The molecule has 0 spiro atoms. The first-order valence-electron chi connectivity index (χ1n) is 4.24. The number of hydrogen-bond donors (Lipinski definition) is 0. The van der Waals surface area contributed by atoms with Gasteiger partial charge in [-0.2, -0.15) is 0 Å². The molecule has 0 aromatic heterocycles. The van der Waals surface area contributed by atoms with Crippen molar-refractivity contribution in [2.75, 3.05) is 7.11 Å². The lowest BCUT2D eigenvalue weighted by molar-refractivity contribution is -0.147. The number of halogens is 2. The van der Waals surface area contributed by atoms with Crippen LogP contribution >= 0.6 is 23.2 Å². The van der Waals surface area contributed by atoms with E-state index in [0.717, 1.165) is 0 Å². The van der Waals surface area contributed by atoms with E-state index >= 15 is 0 Å². The number of carbonyl (C=O) groups excluding carboxylic acids is 1. The predicted molar refractivity (Wildman–Crippen MR) is 58.6 cm³/mol. The fraction of sp³-hybridized carbons (Fsp3) is 0.300. The van der Waals surface area contributed by atoms with Crippen molar-refractivity contribution in [1.82, 2.24) is 0 Å². The van der Waals surface area contributed by atoms with E-state index in [1.807, 2.05) is 0 Å². The van der Waals surface area contributed by atoms with E-state index in [1.54, 1.807) is 25.1 Å². The summed E-state index contributed by atoms with van der Waals surface area (Å²) in [6.45, 7) is 1.59. The Kier molecular flexibility index (Phi) is 4.24. The summed E-state index contributed by atoms with van der Waals surface area (Å²) in [4.78, 5) is 11.1. The fourth-order valence-corrected chi connectivity index (χ4v) is 1.26. The van der Waals surface area contributed by atoms with Gasteiger partial charge in [0.2, 0.25) is 0 Å². The summed E-state index contributed by atoms with van der Waals surface area (Å²) in [7, 11) is 1.30. The highest BCUT2D eigenvalue weighted by Crippen LogP contribution is 2.26. The molecule has 0 saturated heterocycles. The van der Waals surface area contributed by atoms with Crippen LogP contribution in [0.4, 0.5) is 0 Å². The lowest BCUT2D eigenvalue weighted by Gasteiger charge is -2.12. The van der Waals surface area contributed by atoms with E-state index in [4.69, 9.17) is 27.9 Å². The van der Waals surface area contributed by atoms with Gasteiger partial charge in [-0.3, -0.25) is 0 Å². The molecule has 1 rings (SSSR count). The molecule has 0 fully saturated rings. The monoisotopic (exact) mass is 248 g/mol. The third-order valence-electron chi connectivity index (χ3n) is 1.74. The maximum Gasteiger partial charge on any atom is 0.346 e. The average molecular weight is 249 g/mol. The van der Waals surface area contributed by atoms with E-state index in [1.165, 1.54) is 7.11 Å². The zero-order chi connectivity index (χ0) is 11.4. The second-order valence-electron chi connectivity index (χ2n) is 2.86. The van der Waals surface area contributed by atoms with Gasteiger partial charge in [0.05, 0.1) is 17.2 Å². The Bertz CT molecular complexity index is 366. The quantitative estimate of drug-likeness (QED) is 0.772. The SMILES string of the molecule is COC(=O)C(C)Oc1ccc(Cl)c(Cl)c1. The van der Waals surface area contributed by atoms with Crippen molar-refractivity contribution in [3.63, 3.8) is 0 Å². The van der Waals surface area contributed by atoms with Gasteiger partial charge in [0, 0.05) is 6.07 Å². The lowest BCUT2D eigenvalue weighted by atomic mass is 10.3. The first-order valence-corrected chi connectivity index (χ1v) is 4.99. The molecule has 0 N–H and O–H groups in total. The molecule has 1 aromatic carbocycles. The molecule has 3 nitrogen and oxygen atoms in total. The Labute approximate surface area is 97.9 Å². The summed E-state index contributed by atoms with van der Waals surface area (Å²) in [5, 5.41) is 0.820. The minimum Gasteiger partial charge on any atom is -0.479 e. The third kappa shape index (κ3) is 3.29. The highest BCUT2D eigenvalue weighted by molar-refractivity contribution is 6.42. The molecule has 0 saturated carbocycles.